The van der Waals surface area contributed by atoms with Crippen LogP contribution in [0.4, 0.5) is 0 Å². The van der Waals surface area contributed by atoms with Gasteiger partial charge in [0, 0.05) is 30.9 Å². The van der Waals surface area contributed by atoms with Gasteiger partial charge in [0.25, 0.3) is 5.91 Å². The van der Waals surface area contributed by atoms with E-state index in [4.69, 9.17) is 4.74 Å². The highest BCUT2D eigenvalue weighted by molar-refractivity contribution is 5.94. The van der Waals surface area contributed by atoms with Crippen LogP contribution in [0.1, 0.15) is 22.0 Å². The van der Waals surface area contributed by atoms with Crippen LogP contribution < -0.4 is 4.74 Å². The zero-order valence-electron chi connectivity index (χ0n) is 13.8. The predicted molar refractivity (Wildman–Crippen MR) is 90.3 cm³/mol. The Morgan fingerprint density at radius 3 is 2.80 bits per heavy atom. The molecule has 1 aliphatic heterocycles. The Labute approximate surface area is 144 Å². The first kappa shape index (κ1) is 15.3. The van der Waals surface area contributed by atoms with Gasteiger partial charge in [-0.15, -0.1) is 10.2 Å². The number of aryl methyl sites for hydroxylation is 1. The highest BCUT2D eigenvalue weighted by Gasteiger charge is 2.24. The number of hydrogen-bond donors (Lipinski definition) is 0. The van der Waals surface area contributed by atoms with Gasteiger partial charge in [0.1, 0.15) is 11.6 Å². The fourth-order valence-corrected chi connectivity index (χ4v) is 2.87. The topological polar surface area (TPSA) is 73.1 Å². The Bertz CT molecular complexity index is 907. The molecule has 7 nitrogen and oxygen atoms in total. The Hall–Kier alpha value is -3.22. The third kappa shape index (κ3) is 3.08. The Kier molecular flexibility index (Phi) is 3.89. The lowest BCUT2D eigenvalue weighted by atomic mass is 10.2. The summed E-state index contributed by atoms with van der Waals surface area (Å²) >= 11 is 0. The standard InChI is InChI=1S/C18H17N5O2/c1-13-20-21-16-12-22(9-10-23(13)16)18(24)14-7-8-19-17(11-14)25-15-5-3-2-4-6-15/h2-8,11H,9-10,12H2,1H3. The lowest BCUT2D eigenvalue weighted by Crippen LogP contribution is -2.38. The van der Waals surface area contributed by atoms with Crippen LogP contribution in [0.5, 0.6) is 11.6 Å². The van der Waals surface area contributed by atoms with Crippen molar-refractivity contribution in [3.63, 3.8) is 0 Å². The summed E-state index contributed by atoms with van der Waals surface area (Å²) in [5.41, 5.74) is 0.547. The van der Waals surface area contributed by atoms with Crippen molar-refractivity contribution in [2.45, 2.75) is 20.0 Å². The van der Waals surface area contributed by atoms with E-state index in [1.54, 1.807) is 23.2 Å². The molecule has 4 rings (SSSR count). The van der Waals surface area contributed by atoms with Gasteiger partial charge in [-0.1, -0.05) is 18.2 Å². The molecule has 0 bridgehead atoms. The van der Waals surface area contributed by atoms with Crippen molar-refractivity contribution in [3.05, 3.63) is 65.9 Å². The van der Waals surface area contributed by atoms with Crippen molar-refractivity contribution >= 4 is 5.91 Å². The molecule has 2 aromatic heterocycles. The van der Waals surface area contributed by atoms with Crippen molar-refractivity contribution in [3.8, 4) is 11.6 Å². The number of ether oxygens (including phenoxy) is 1. The molecule has 1 aromatic carbocycles. The van der Waals surface area contributed by atoms with Crippen LogP contribution in [0.15, 0.2) is 48.7 Å². The second-order valence-electron chi connectivity index (χ2n) is 5.84. The molecule has 0 atom stereocenters. The van der Waals surface area contributed by atoms with E-state index in [1.165, 1.54) is 0 Å². The van der Waals surface area contributed by atoms with Crippen LogP contribution in [0, 0.1) is 6.92 Å². The number of nitrogens with zero attached hydrogens (tertiary/aromatic N) is 5. The molecule has 3 aromatic rings. The molecule has 0 radical (unpaired) electrons. The second kappa shape index (κ2) is 6.35. The van der Waals surface area contributed by atoms with Crippen molar-refractivity contribution in [2.24, 2.45) is 0 Å². The van der Waals surface area contributed by atoms with E-state index in [2.05, 4.69) is 15.2 Å². The summed E-state index contributed by atoms with van der Waals surface area (Å²) in [5.74, 6) is 2.71. The third-order valence-electron chi connectivity index (χ3n) is 4.17. The van der Waals surface area contributed by atoms with Crippen molar-refractivity contribution in [1.29, 1.82) is 0 Å². The first-order valence-corrected chi connectivity index (χ1v) is 8.07. The third-order valence-corrected chi connectivity index (χ3v) is 4.17. The molecule has 1 amide bonds. The van der Waals surface area contributed by atoms with E-state index in [1.807, 2.05) is 41.8 Å². The minimum absolute atomic E-state index is 0.0628. The van der Waals surface area contributed by atoms with Gasteiger partial charge in [0.05, 0.1) is 6.54 Å². The molecule has 0 N–H and O–H groups in total. The first-order chi connectivity index (χ1) is 12.2. The zero-order chi connectivity index (χ0) is 17.2. The number of fused-ring (bicyclic) bond motifs is 1. The van der Waals surface area contributed by atoms with Crippen LogP contribution in [0.3, 0.4) is 0 Å². The van der Waals surface area contributed by atoms with Crippen molar-refractivity contribution in [1.82, 2.24) is 24.6 Å². The Morgan fingerprint density at radius 1 is 1.12 bits per heavy atom. The summed E-state index contributed by atoms with van der Waals surface area (Å²) in [6, 6.07) is 12.7. The highest BCUT2D eigenvalue weighted by Crippen LogP contribution is 2.21. The van der Waals surface area contributed by atoms with Crippen LogP contribution in [0.25, 0.3) is 0 Å². The summed E-state index contributed by atoms with van der Waals surface area (Å²) < 4.78 is 7.75. The Morgan fingerprint density at radius 2 is 1.96 bits per heavy atom. The second-order valence-corrected chi connectivity index (χ2v) is 5.84. The van der Waals surface area contributed by atoms with Gasteiger partial charge in [-0.2, -0.15) is 0 Å². The molecule has 25 heavy (non-hydrogen) atoms. The molecular formula is C18H17N5O2. The number of rotatable bonds is 3. The number of carbonyl (C=O) groups excluding carboxylic acids is 1. The maximum absolute atomic E-state index is 12.8. The van der Waals surface area contributed by atoms with Crippen LogP contribution in [-0.4, -0.2) is 37.1 Å². The van der Waals surface area contributed by atoms with Crippen LogP contribution >= 0.6 is 0 Å². The highest BCUT2D eigenvalue weighted by atomic mass is 16.5. The predicted octanol–water partition coefficient (Wildman–Crippen LogP) is 2.43. The molecule has 1 aliphatic rings. The van der Waals surface area contributed by atoms with Crippen molar-refractivity contribution in [2.75, 3.05) is 6.54 Å². The van der Waals surface area contributed by atoms with Gasteiger partial charge in [0.15, 0.2) is 5.82 Å². The number of benzene rings is 1. The van der Waals surface area contributed by atoms with E-state index >= 15 is 0 Å². The van der Waals surface area contributed by atoms with Crippen LogP contribution in [0.2, 0.25) is 0 Å². The van der Waals surface area contributed by atoms with Crippen molar-refractivity contribution < 1.29 is 9.53 Å². The molecule has 7 heteroatoms. The maximum Gasteiger partial charge on any atom is 0.254 e. The summed E-state index contributed by atoms with van der Waals surface area (Å²) in [6.45, 7) is 3.71. The molecule has 0 saturated heterocycles. The zero-order valence-corrected chi connectivity index (χ0v) is 13.8. The monoisotopic (exact) mass is 335 g/mol. The van der Waals surface area contributed by atoms with E-state index in [9.17, 15) is 4.79 Å². The van der Waals surface area contributed by atoms with Crippen LogP contribution in [-0.2, 0) is 13.1 Å². The number of para-hydroxylation sites is 1. The van der Waals surface area contributed by atoms with Gasteiger partial charge >= 0.3 is 0 Å². The largest absolute Gasteiger partial charge is 0.439 e. The normalized spacial score (nSPS) is 13.4. The number of amides is 1. The SMILES string of the molecule is Cc1nnc2n1CCN(C(=O)c1ccnc(Oc3ccccc3)c1)C2. The first-order valence-electron chi connectivity index (χ1n) is 8.07. The van der Waals surface area contributed by atoms with Gasteiger partial charge in [0.2, 0.25) is 5.88 Å². The van der Waals surface area contributed by atoms with E-state index in [0.717, 1.165) is 11.6 Å². The summed E-state index contributed by atoms with van der Waals surface area (Å²) in [6.07, 6.45) is 1.59. The fourth-order valence-electron chi connectivity index (χ4n) is 2.87. The van der Waals surface area contributed by atoms with E-state index < -0.39 is 0 Å². The molecule has 126 valence electrons. The Balaban J connectivity index is 1.52. The number of carbonyl (C=O) groups is 1. The molecule has 0 fully saturated rings. The summed E-state index contributed by atoms with van der Waals surface area (Å²) in [4.78, 5) is 18.8. The lowest BCUT2D eigenvalue weighted by Gasteiger charge is -2.27. The minimum atomic E-state index is -0.0628. The molecular weight excluding hydrogens is 318 g/mol. The molecule has 0 saturated carbocycles. The molecule has 3 heterocycles. The molecule has 0 spiro atoms. The lowest BCUT2D eigenvalue weighted by molar-refractivity contribution is 0.0706. The van der Waals surface area contributed by atoms with Gasteiger partial charge in [-0.05, 0) is 25.1 Å². The summed E-state index contributed by atoms with van der Waals surface area (Å²) in [7, 11) is 0. The average Bonchev–Trinajstić information content (AvgIpc) is 3.02. The fraction of sp³-hybridized carbons (Fsp3) is 0.222. The van der Waals surface area contributed by atoms with Gasteiger partial charge < -0.3 is 14.2 Å². The quantitative estimate of drug-likeness (QED) is 0.735. The minimum Gasteiger partial charge on any atom is -0.439 e. The average molecular weight is 335 g/mol. The summed E-state index contributed by atoms with van der Waals surface area (Å²) in [5, 5.41) is 8.21. The smallest absolute Gasteiger partial charge is 0.254 e. The van der Waals surface area contributed by atoms with E-state index in [0.29, 0.717) is 36.8 Å². The number of hydrogen-bond acceptors (Lipinski definition) is 5. The van der Waals surface area contributed by atoms with Gasteiger partial charge in [-0.25, -0.2) is 4.98 Å². The van der Waals surface area contributed by atoms with Gasteiger partial charge in [-0.3, -0.25) is 4.79 Å². The maximum atomic E-state index is 12.8. The number of pyridine rings is 1. The molecule has 0 aliphatic carbocycles. The number of aromatic nitrogens is 4. The molecule has 0 unspecified atom stereocenters. The van der Waals surface area contributed by atoms with E-state index in [-0.39, 0.29) is 5.91 Å².